The maximum absolute atomic E-state index is 11.0. The molecule has 0 amide bonds. The van der Waals surface area contributed by atoms with Gasteiger partial charge < -0.3 is 10.6 Å². The van der Waals surface area contributed by atoms with E-state index in [1.165, 1.54) is 12.8 Å². The van der Waals surface area contributed by atoms with E-state index in [9.17, 15) is 10.1 Å². The standard InChI is InChI=1S/C15H23N3O2/c1-10-5-4-6-15(11(10)2)17-13-7-12(16-3)8-14(9-13)18(19)20/h7-11,15-17H,4-6H2,1-3H3. The van der Waals surface area contributed by atoms with E-state index in [2.05, 4.69) is 24.5 Å². The van der Waals surface area contributed by atoms with E-state index < -0.39 is 0 Å². The summed E-state index contributed by atoms with van der Waals surface area (Å²) in [6.45, 7) is 4.54. The van der Waals surface area contributed by atoms with Crippen LogP contribution in [0.15, 0.2) is 18.2 Å². The topological polar surface area (TPSA) is 67.2 Å². The van der Waals surface area contributed by atoms with Gasteiger partial charge in [0.15, 0.2) is 0 Å². The number of hydrogen-bond donors (Lipinski definition) is 2. The molecule has 1 saturated carbocycles. The van der Waals surface area contributed by atoms with Crippen LogP contribution in [0.5, 0.6) is 0 Å². The molecule has 0 aliphatic heterocycles. The average Bonchev–Trinajstić information content (AvgIpc) is 2.43. The van der Waals surface area contributed by atoms with Gasteiger partial charge in [0, 0.05) is 36.6 Å². The molecule has 20 heavy (non-hydrogen) atoms. The number of benzene rings is 1. The third-order valence-electron chi connectivity index (χ3n) is 4.48. The fourth-order valence-corrected chi connectivity index (χ4v) is 2.94. The Labute approximate surface area is 119 Å². The Morgan fingerprint density at radius 3 is 2.55 bits per heavy atom. The smallest absolute Gasteiger partial charge is 0.273 e. The van der Waals surface area contributed by atoms with Gasteiger partial charge in [-0.1, -0.05) is 26.7 Å². The summed E-state index contributed by atoms with van der Waals surface area (Å²) < 4.78 is 0. The fourth-order valence-electron chi connectivity index (χ4n) is 2.94. The molecule has 0 aromatic heterocycles. The Kier molecular flexibility index (Phi) is 4.47. The van der Waals surface area contributed by atoms with Gasteiger partial charge in [0.2, 0.25) is 0 Å². The molecule has 5 heteroatoms. The minimum absolute atomic E-state index is 0.121. The number of anilines is 2. The summed E-state index contributed by atoms with van der Waals surface area (Å²) >= 11 is 0. The van der Waals surface area contributed by atoms with E-state index in [0.29, 0.717) is 17.9 Å². The van der Waals surface area contributed by atoms with Crippen molar-refractivity contribution in [2.45, 2.75) is 39.2 Å². The van der Waals surface area contributed by atoms with Crippen LogP contribution in [0.1, 0.15) is 33.1 Å². The monoisotopic (exact) mass is 277 g/mol. The van der Waals surface area contributed by atoms with Crippen molar-refractivity contribution in [2.24, 2.45) is 11.8 Å². The third-order valence-corrected chi connectivity index (χ3v) is 4.48. The maximum atomic E-state index is 11.0. The van der Waals surface area contributed by atoms with Gasteiger partial charge in [-0.3, -0.25) is 10.1 Å². The molecule has 0 radical (unpaired) electrons. The second-order valence-corrected chi connectivity index (χ2v) is 5.79. The molecular weight excluding hydrogens is 254 g/mol. The second kappa shape index (κ2) is 6.11. The van der Waals surface area contributed by atoms with Gasteiger partial charge in [-0.2, -0.15) is 0 Å². The predicted octanol–water partition coefficient (Wildman–Crippen LogP) is 3.87. The highest BCUT2D eigenvalue weighted by molar-refractivity contribution is 5.63. The van der Waals surface area contributed by atoms with E-state index in [-0.39, 0.29) is 10.6 Å². The van der Waals surface area contributed by atoms with E-state index >= 15 is 0 Å². The quantitative estimate of drug-likeness (QED) is 0.647. The van der Waals surface area contributed by atoms with Gasteiger partial charge in [0.05, 0.1) is 4.92 Å². The van der Waals surface area contributed by atoms with Gasteiger partial charge in [0.25, 0.3) is 5.69 Å². The Hall–Kier alpha value is -1.78. The summed E-state index contributed by atoms with van der Waals surface area (Å²) in [5, 5.41) is 17.4. The normalized spacial score (nSPS) is 26.1. The molecule has 0 spiro atoms. The first-order chi connectivity index (χ1) is 9.51. The highest BCUT2D eigenvalue weighted by atomic mass is 16.6. The molecule has 1 aliphatic carbocycles. The molecule has 0 heterocycles. The average molecular weight is 277 g/mol. The summed E-state index contributed by atoms with van der Waals surface area (Å²) in [7, 11) is 1.77. The van der Waals surface area contributed by atoms with E-state index in [0.717, 1.165) is 17.8 Å². The van der Waals surface area contributed by atoms with E-state index in [4.69, 9.17) is 0 Å². The minimum atomic E-state index is -0.348. The van der Waals surface area contributed by atoms with Gasteiger partial charge in [-0.05, 0) is 24.3 Å². The van der Waals surface area contributed by atoms with Crippen LogP contribution < -0.4 is 10.6 Å². The van der Waals surface area contributed by atoms with Gasteiger partial charge in [-0.25, -0.2) is 0 Å². The first-order valence-corrected chi connectivity index (χ1v) is 7.25. The van der Waals surface area contributed by atoms with Crippen LogP contribution in [0, 0.1) is 22.0 Å². The lowest BCUT2D eigenvalue weighted by molar-refractivity contribution is -0.384. The fraction of sp³-hybridized carbons (Fsp3) is 0.600. The number of rotatable bonds is 4. The molecule has 1 aliphatic rings. The largest absolute Gasteiger partial charge is 0.388 e. The van der Waals surface area contributed by atoms with Gasteiger partial charge >= 0.3 is 0 Å². The van der Waals surface area contributed by atoms with Crippen LogP contribution >= 0.6 is 0 Å². The maximum Gasteiger partial charge on any atom is 0.273 e. The van der Waals surface area contributed by atoms with Crippen LogP contribution in [-0.2, 0) is 0 Å². The molecule has 1 fully saturated rings. The summed E-state index contributed by atoms with van der Waals surface area (Å²) in [5.74, 6) is 1.28. The molecule has 3 atom stereocenters. The lowest BCUT2D eigenvalue weighted by atomic mass is 9.78. The summed E-state index contributed by atoms with van der Waals surface area (Å²) in [5.41, 5.74) is 1.71. The highest BCUT2D eigenvalue weighted by Gasteiger charge is 2.27. The van der Waals surface area contributed by atoms with Crippen LogP contribution in [0.4, 0.5) is 17.1 Å². The Morgan fingerprint density at radius 2 is 1.90 bits per heavy atom. The van der Waals surface area contributed by atoms with Gasteiger partial charge in [0.1, 0.15) is 0 Å². The number of non-ortho nitro benzene ring substituents is 1. The molecule has 0 saturated heterocycles. The van der Waals surface area contributed by atoms with Crippen LogP contribution in [0.2, 0.25) is 0 Å². The van der Waals surface area contributed by atoms with Crippen LogP contribution in [0.25, 0.3) is 0 Å². The molecule has 1 aromatic carbocycles. The van der Waals surface area contributed by atoms with E-state index in [1.54, 1.807) is 19.2 Å². The third kappa shape index (κ3) is 3.21. The molecule has 5 nitrogen and oxygen atoms in total. The van der Waals surface area contributed by atoms with Crippen molar-refractivity contribution in [1.29, 1.82) is 0 Å². The zero-order valence-electron chi connectivity index (χ0n) is 12.3. The second-order valence-electron chi connectivity index (χ2n) is 5.79. The van der Waals surface area contributed by atoms with Crippen molar-refractivity contribution in [3.8, 4) is 0 Å². The SMILES string of the molecule is CNc1cc(NC2CCCC(C)C2C)cc([N+](=O)[O-])c1. The van der Waals surface area contributed by atoms with Crippen molar-refractivity contribution in [2.75, 3.05) is 17.7 Å². The van der Waals surface area contributed by atoms with Crippen LogP contribution in [0.3, 0.4) is 0 Å². The Bertz CT molecular complexity index is 490. The molecular formula is C15H23N3O2. The molecule has 1 aromatic rings. The molecule has 0 bridgehead atoms. The van der Waals surface area contributed by atoms with Crippen molar-refractivity contribution in [1.82, 2.24) is 0 Å². The van der Waals surface area contributed by atoms with E-state index in [1.807, 2.05) is 6.07 Å². The number of nitro benzene ring substituents is 1. The Morgan fingerprint density at radius 1 is 1.20 bits per heavy atom. The molecule has 2 rings (SSSR count). The van der Waals surface area contributed by atoms with Gasteiger partial charge in [-0.15, -0.1) is 0 Å². The van der Waals surface area contributed by atoms with Crippen molar-refractivity contribution < 1.29 is 4.92 Å². The highest BCUT2D eigenvalue weighted by Crippen LogP contribution is 2.33. The molecule has 2 N–H and O–H groups in total. The molecule has 3 unspecified atom stereocenters. The summed E-state index contributed by atoms with van der Waals surface area (Å²) in [6, 6.07) is 5.50. The van der Waals surface area contributed by atoms with Crippen molar-refractivity contribution in [3.63, 3.8) is 0 Å². The first kappa shape index (κ1) is 14.6. The van der Waals surface area contributed by atoms with Crippen LogP contribution in [-0.4, -0.2) is 18.0 Å². The summed E-state index contributed by atoms with van der Waals surface area (Å²) in [4.78, 5) is 10.6. The first-order valence-electron chi connectivity index (χ1n) is 7.25. The minimum Gasteiger partial charge on any atom is -0.388 e. The summed E-state index contributed by atoms with van der Waals surface area (Å²) in [6.07, 6.45) is 3.62. The van der Waals surface area contributed by atoms with Crippen molar-refractivity contribution >= 4 is 17.1 Å². The number of nitro groups is 1. The lowest BCUT2D eigenvalue weighted by Gasteiger charge is -2.35. The lowest BCUT2D eigenvalue weighted by Crippen LogP contribution is -2.35. The Balaban J connectivity index is 2.19. The molecule has 110 valence electrons. The zero-order chi connectivity index (χ0) is 14.7. The number of nitrogens with zero attached hydrogens (tertiary/aromatic N) is 1. The number of nitrogens with one attached hydrogen (secondary N) is 2. The zero-order valence-corrected chi connectivity index (χ0v) is 12.3. The number of hydrogen-bond acceptors (Lipinski definition) is 4. The van der Waals surface area contributed by atoms with Crippen molar-refractivity contribution in [3.05, 3.63) is 28.3 Å². The predicted molar refractivity (Wildman–Crippen MR) is 82.2 cm³/mol.